The lowest BCUT2D eigenvalue weighted by atomic mass is 10.0. The van der Waals surface area contributed by atoms with Crippen LogP contribution in [0.4, 0.5) is 0 Å². The highest BCUT2D eigenvalue weighted by atomic mass is 16.5. The Bertz CT molecular complexity index is 768. The van der Waals surface area contributed by atoms with Crippen LogP contribution in [0.1, 0.15) is 68.3 Å². The van der Waals surface area contributed by atoms with E-state index in [9.17, 15) is 14.7 Å². The third-order valence-corrected chi connectivity index (χ3v) is 6.22. The van der Waals surface area contributed by atoms with Gasteiger partial charge in [-0.15, -0.1) is 0 Å². The number of rotatable bonds is 4. The molecule has 7 heteroatoms. The van der Waals surface area contributed by atoms with E-state index in [1.54, 1.807) is 4.90 Å². The molecule has 0 radical (unpaired) electrons. The van der Waals surface area contributed by atoms with Crippen LogP contribution in [0, 0.1) is 5.92 Å². The van der Waals surface area contributed by atoms with Gasteiger partial charge in [0.1, 0.15) is 5.75 Å². The highest BCUT2D eigenvalue weighted by Crippen LogP contribution is 2.27. The molecule has 2 aliphatic heterocycles. The van der Waals surface area contributed by atoms with Crippen molar-refractivity contribution in [2.24, 2.45) is 5.92 Å². The summed E-state index contributed by atoms with van der Waals surface area (Å²) in [6, 6.07) is 5.65. The van der Waals surface area contributed by atoms with Crippen LogP contribution in [0.25, 0.3) is 0 Å². The number of likely N-dealkylation sites (tertiary alicyclic amines) is 1. The van der Waals surface area contributed by atoms with Crippen LogP contribution in [0.2, 0.25) is 0 Å². The first kappa shape index (κ1) is 24.5. The van der Waals surface area contributed by atoms with Gasteiger partial charge < -0.3 is 20.1 Å². The second-order valence-electron chi connectivity index (χ2n) is 9.48. The summed E-state index contributed by atoms with van der Waals surface area (Å²) in [7, 11) is 0. The lowest BCUT2D eigenvalue weighted by molar-refractivity contribution is -0.122. The molecular formula is C25H39N3O4. The number of fused-ring (bicyclic) bond motifs is 1. The number of hydrogen-bond acceptors (Lipinski definition) is 5. The zero-order valence-electron chi connectivity index (χ0n) is 19.6. The van der Waals surface area contributed by atoms with Gasteiger partial charge in [0.15, 0.2) is 0 Å². The maximum atomic E-state index is 13.4. The van der Waals surface area contributed by atoms with E-state index >= 15 is 0 Å². The highest BCUT2D eigenvalue weighted by Gasteiger charge is 2.27. The average Bonchev–Trinajstić information content (AvgIpc) is 2.78. The van der Waals surface area contributed by atoms with Crippen LogP contribution in [0.5, 0.6) is 5.75 Å². The summed E-state index contributed by atoms with van der Waals surface area (Å²) in [5.41, 5.74) is 1.45. The zero-order chi connectivity index (χ0) is 22.9. The van der Waals surface area contributed by atoms with Gasteiger partial charge in [-0.2, -0.15) is 0 Å². The first-order chi connectivity index (χ1) is 15.4. The SMILES string of the molecule is CC(C)CCN1CC(=O)NCCCCCOc2cccc(C(=O)N3CCCC(O)C3)c2C1. The van der Waals surface area contributed by atoms with Gasteiger partial charge >= 0.3 is 0 Å². The van der Waals surface area contributed by atoms with Crippen molar-refractivity contribution in [1.29, 1.82) is 0 Å². The third kappa shape index (κ3) is 7.20. The molecule has 1 fully saturated rings. The van der Waals surface area contributed by atoms with Gasteiger partial charge in [0.05, 0.1) is 19.3 Å². The molecule has 2 N–H and O–H groups in total. The molecule has 1 saturated heterocycles. The molecule has 1 atom stereocenters. The van der Waals surface area contributed by atoms with E-state index in [0.717, 1.165) is 56.4 Å². The Morgan fingerprint density at radius 3 is 2.84 bits per heavy atom. The van der Waals surface area contributed by atoms with Crippen molar-refractivity contribution in [2.45, 2.75) is 65.0 Å². The number of nitrogens with zero attached hydrogens (tertiary/aromatic N) is 2. The number of amides is 2. The Hall–Kier alpha value is -2.12. The van der Waals surface area contributed by atoms with Gasteiger partial charge in [-0.3, -0.25) is 14.5 Å². The number of carbonyl (C=O) groups is 2. The van der Waals surface area contributed by atoms with E-state index in [1.807, 2.05) is 18.2 Å². The van der Waals surface area contributed by atoms with Crippen molar-refractivity contribution in [1.82, 2.24) is 15.1 Å². The largest absolute Gasteiger partial charge is 0.493 e. The Morgan fingerprint density at radius 2 is 2.06 bits per heavy atom. The van der Waals surface area contributed by atoms with E-state index in [-0.39, 0.29) is 11.8 Å². The summed E-state index contributed by atoms with van der Waals surface area (Å²) >= 11 is 0. The Labute approximate surface area is 192 Å². The normalized spacial score (nSPS) is 21.6. The van der Waals surface area contributed by atoms with Crippen LogP contribution in [0.3, 0.4) is 0 Å². The summed E-state index contributed by atoms with van der Waals surface area (Å²) in [5.74, 6) is 1.20. The maximum Gasteiger partial charge on any atom is 0.254 e. The van der Waals surface area contributed by atoms with Crippen molar-refractivity contribution in [3.05, 3.63) is 29.3 Å². The lowest BCUT2D eigenvalue weighted by Crippen LogP contribution is -2.43. The van der Waals surface area contributed by atoms with Gasteiger partial charge in [0, 0.05) is 37.3 Å². The predicted molar refractivity (Wildman–Crippen MR) is 125 cm³/mol. The molecule has 32 heavy (non-hydrogen) atoms. The molecule has 1 aromatic rings. The first-order valence-corrected chi connectivity index (χ1v) is 12.1. The fourth-order valence-electron chi connectivity index (χ4n) is 4.33. The van der Waals surface area contributed by atoms with Gasteiger partial charge in [-0.1, -0.05) is 19.9 Å². The second kappa shape index (κ2) is 12.2. The van der Waals surface area contributed by atoms with Crippen LogP contribution in [-0.2, 0) is 11.3 Å². The summed E-state index contributed by atoms with van der Waals surface area (Å²) < 4.78 is 6.15. The molecule has 0 saturated carbocycles. The van der Waals surface area contributed by atoms with Crippen LogP contribution >= 0.6 is 0 Å². The van der Waals surface area contributed by atoms with Crippen molar-refractivity contribution >= 4 is 11.8 Å². The van der Waals surface area contributed by atoms with Crippen LogP contribution in [0.15, 0.2) is 18.2 Å². The number of β-amino-alcohol motifs (C(OH)–C–C–N with tert-alkyl or cyclic N) is 1. The topological polar surface area (TPSA) is 82.1 Å². The minimum atomic E-state index is -0.469. The van der Waals surface area contributed by atoms with E-state index in [1.165, 1.54) is 0 Å². The zero-order valence-corrected chi connectivity index (χ0v) is 19.6. The molecular weight excluding hydrogens is 406 g/mol. The van der Waals surface area contributed by atoms with Crippen molar-refractivity contribution in [2.75, 3.05) is 39.3 Å². The molecule has 1 aromatic carbocycles. The van der Waals surface area contributed by atoms with Crippen molar-refractivity contribution < 1.29 is 19.4 Å². The van der Waals surface area contributed by atoms with Crippen molar-refractivity contribution in [3.63, 3.8) is 0 Å². The predicted octanol–water partition coefficient (Wildman–Crippen LogP) is 2.81. The van der Waals surface area contributed by atoms with Crippen LogP contribution in [-0.4, -0.2) is 72.2 Å². The quantitative estimate of drug-likeness (QED) is 0.745. The number of ether oxygens (including phenoxy) is 1. The standard InChI is InChI=1S/C25H39N3O4/c1-19(2)11-14-27-17-22-21(25(31)28-13-7-8-20(29)16-28)9-6-10-23(22)32-15-5-3-4-12-26-24(30)18-27/h6,9-10,19-20,29H,3-5,7-8,11-18H2,1-2H3,(H,26,30). The van der Waals surface area contributed by atoms with E-state index in [2.05, 4.69) is 24.1 Å². The number of carbonyl (C=O) groups excluding carboxylic acids is 2. The molecule has 1 unspecified atom stereocenters. The molecule has 2 heterocycles. The van der Waals surface area contributed by atoms with Gasteiger partial charge in [-0.05, 0) is 63.1 Å². The molecule has 2 aliphatic rings. The fraction of sp³-hybridized carbons (Fsp3) is 0.680. The van der Waals surface area contributed by atoms with Gasteiger partial charge in [-0.25, -0.2) is 0 Å². The monoisotopic (exact) mass is 445 g/mol. The average molecular weight is 446 g/mol. The second-order valence-corrected chi connectivity index (χ2v) is 9.48. The van der Waals surface area contributed by atoms with E-state index in [0.29, 0.717) is 50.8 Å². The van der Waals surface area contributed by atoms with Crippen molar-refractivity contribution in [3.8, 4) is 5.75 Å². The number of nitrogens with one attached hydrogen (secondary N) is 1. The number of aliphatic hydroxyl groups is 1. The molecule has 7 nitrogen and oxygen atoms in total. The molecule has 2 amide bonds. The number of aliphatic hydroxyl groups excluding tert-OH is 1. The number of benzene rings is 1. The smallest absolute Gasteiger partial charge is 0.254 e. The lowest BCUT2D eigenvalue weighted by Gasteiger charge is -2.31. The molecule has 0 aliphatic carbocycles. The minimum Gasteiger partial charge on any atom is -0.493 e. The first-order valence-electron chi connectivity index (χ1n) is 12.1. The third-order valence-electron chi connectivity index (χ3n) is 6.22. The van der Waals surface area contributed by atoms with Gasteiger partial charge in [0.2, 0.25) is 5.91 Å². The fourth-order valence-corrected chi connectivity index (χ4v) is 4.33. The van der Waals surface area contributed by atoms with E-state index in [4.69, 9.17) is 4.74 Å². The summed E-state index contributed by atoms with van der Waals surface area (Å²) in [6.07, 6.45) is 4.86. The molecule has 0 spiro atoms. The Kier molecular flexibility index (Phi) is 9.36. The highest BCUT2D eigenvalue weighted by molar-refractivity contribution is 5.96. The molecule has 0 bridgehead atoms. The summed E-state index contributed by atoms with van der Waals surface area (Å²) in [5, 5.41) is 13.1. The summed E-state index contributed by atoms with van der Waals surface area (Å²) in [4.78, 5) is 29.9. The number of hydrogen-bond donors (Lipinski definition) is 2. The Morgan fingerprint density at radius 1 is 1.22 bits per heavy atom. The van der Waals surface area contributed by atoms with Crippen LogP contribution < -0.4 is 10.1 Å². The van der Waals surface area contributed by atoms with Gasteiger partial charge in [0.25, 0.3) is 5.91 Å². The molecule has 178 valence electrons. The summed E-state index contributed by atoms with van der Waals surface area (Å²) in [6.45, 7) is 8.20. The van der Waals surface area contributed by atoms with E-state index < -0.39 is 6.10 Å². The maximum absolute atomic E-state index is 13.4. The number of piperidine rings is 1. The molecule has 3 rings (SSSR count). The Balaban J connectivity index is 1.91. The molecule has 0 aromatic heterocycles. The minimum absolute atomic E-state index is 0.0263.